The molecule has 2 aromatic carbocycles. The van der Waals surface area contributed by atoms with Crippen LogP contribution in [-0.2, 0) is 0 Å². The van der Waals surface area contributed by atoms with Gasteiger partial charge in [0.05, 0.1) is 27.6 Å². The van der Waals surface area contributed by atoms with Crippen molar-refractivity contribution >= 4 is 29.2 Å². The molecule has 2 heterocycles. The van der Waals surface area contributed by atoms with Crippen LogP contribution >= 0.6 is 11.6 Å². The summed E-state index contributed by atoms with van der Waals surface area (Å²) in [4.78, 5) is 31.8. The highest BCUT2D eigenvalue weighted by molar-refractivity contribution is 6.34. The first-order chi connectivity index (χ1) is 17.5. The number of carbonyl (C=O) groups is 2. The lowest BCUT2D eigenvalue weighted by molar-refractivity contribution is 0.0364. The molecule has 2 aromatic heterocycles. The summed E-state index contributed by atoms with van der Waals surface area (Å²) in [5, 5.41) is 17.2. The van der Waals surface area contributed by atoms with Crippen molar-refractivity contribution in [3.63, 3.8) is 0 Å². The molecule has 0 aliphatic heterocycles. The van der Waals surface area contributed by atoms with Crippen molar-refractivity contribution in [2.75, 3.05) is 18.9 Å². The zero-order valence-corrected chi connectivity index (χ0v) is 21.2. The Kier molecular flexibility index (Phi) is 7.37. The number of halogens is 2. The van der Waals surface area contributed by atoms with Crippen LogP contribution in [0.3, 0.4) is 0 Å². The van der Waals surface area contributed by atoms with Crippen LogP contribution in [0.2, 0.25) is 5.02 Å². The van der Waals surface area contributed by atoms with E-state index in [9.17, 15) is 19.1 Å². The number of aromatic nitrogens is 3. The summed E-state index contributed by atoms with van der Waals surface area (Å²) < 4.78 is 16.1. The van der Waals surface area contributed by atoms with Crippen LogP contribution in [0.15, 0.2) is 72.9 Å². The van der Waals surface area contributed by atoms with E-state index in [1.54, 1.807) is 63.4 Å². The number of benzene rings is 2. The molecule has 190 valence electrons. The summed E-state index contributed by atoms with van der Waals surface area (Å²) in [5.41, 5.74) is 0.0514. The molecule has 4 rings (SSSR count). The normalized spacial score (nSPS) is 11.3. The lowest BCUT2D eigenvalue weighted by atomic mass is 10.1. The van der Waals surface area contributed by atoms with E-state index >= 15 is 0 Å². The second-order valence-electron chi connectivity index (χ2n) is 9.12. The Labute approximate surface area is 218 Å². The first-order valence-electron chi connectivity index (χ1n) is 11.4. The van der Waals surface area contributed by atoms with Gasteiger partial charge >= 0.3 is 0 Å². The standard InChI is InChI=1S/C27H25ClFN5O3/c1-27(2,37)16-33(3)26(36)23-15-24(34(32-23)17-9-5-4-6-10-17)31-25(35)18-13-19(21(29)14-20(18)28)22-11-7-8-12-30-22/h4-15,37H,16H2,1-3H3,(H,31,35). The van der Waals surface area contributed by atoms with Crippen LogP contribution < -0.4 is 5.32 Å². The maximum atomic E-state index is 14.6. The molecule has 4 aromatic rings. The molecular formula is C27H25ClFN5O3. The smallest absolute Gasteiger partial charge is 0.274 e. The van der Waals surface area contributed by atoms with Gasteiger partial charge < -0.3 is 15.3 Å². The van der Waals surface area contributed by atoms with Gasteiger partial charge in [-0.05, 0) is 50.2 Å². The van der Waals surface area contributed by atoms with E-state index in [2.05, 4.69) is 15.4 Å². The maximum absolute atomic E-state index is 14.6. The van der Waals surface area contributed by atoms with Gasteiger partial charge in [-0.25, -0.2) is 9.07 Å². The van der Waals surface area contributed by atoms with Gasteiger partial charge in [0, 0.05) is 31.4 Å². The second-order valence-corrected chi connectivity index (χ2v) is 9.52. The molecule has 0 aliphatic rings. The Morgan fingerprint density at radius 1 is 1.11 bits per heavy atom. The summed E-state index contributed by atoms with van der Waals surface area (Å²) in [6.45, 7) is 3.26. The van der Waals surface area contributed by atoms with Gasteiger partial charge in [-0.1, -0.05) is 35.9 Å². The Balaban J connectivity index is 1.71. The molecule has 2 amide bonds. The number of amides is 2. The highest BCUT2D eigenvalue weighted by Gasteiger charge is 2.25. The van der Waals surface area contributed by atoms with Crippen LogP contribution in [0.4, 0.5) is 10.2 Å². The number of hydrogen-bond acceptors (Lipinski definition) is 5. The van der Waals surface area contributed by atoms with Crippen molar-refractivity contribution in [2.45, 2.75) is 19.4 Å². The minimum atomic E-state index is -1.10. The largest absolute Gasteiger partial charge is 0.389 e. The number of carbonyl (C=O) groups excluding carboxylic acids is 2. The molecule has 8 nitrogen and oxygen atoms in total. The quantitative estimate of drug-likeness (QED) is 0.363. The van der Waals surface area contributed by atoms with E-state index < -0.39 is 23.2 Å². The van der Waals surface area contributed by atoms with Gasteiger partial charge in [-0.2, -0.15) is 5.10 Å². The fourth-order valence-corrected chi connectivity index (χ4v) is 4.05. The summed E-state index contributed by atoms with van der Waals surface area (Å²) in [5.74, 6) is -1.47. The van der Waals surface area contributed by atoms with Crippen molar-refractivity contribution in [3.05, 3.63) is 95.0 Å². The summed E-state index contributed by atoms with van der Waals surface area (Å²) >= 11 is 6.24. The minimum Gasteiger partial charge on any atom is -0.389 e. The zero-order valence-electron chi connectivity index (χ0n) is 20.4. The molecule has 10 heteroatoms. The van der Waals surface area contributed by atoms with Crippen LogP contribution in [0.25, 0.3) is 16.9 Å². The van der Waals surface area contributed by atoms with Gasteiger partial charge in [-0.3, -0.25) is 14.6 Å². The van der Waals surface area contributed by atoms with Crippen molar-refractivity contribution < 1.29 is 19.1 Å². The number of nitrogens with one attached hydrogen (secondary N) is 1. The third-order valence-electron chi connectivity index (χ3n) is 5.38. The highest BCUT2D eigenvalue weighted by atomic mass is 35.5. The Hall–Kier alpha value is -4.08. The molecule has 0 bridgehead atoms. The van der Waals surface area contributed by atoms with Gasteiger partial charge in [0.2, 0.25) is 0 Å². The third kappa shape index (κ3) is 6.02. The third-order valence-corrected chi connectivity index (χ3v) is 5.70. The lowest BCUT2D eigenvalue weighted by Gasteiger charge is -2.24. The number of nitrogens with zero attached hydrogens (tertiary/aromatic N) is 4. The molecule has 2 N–H and O–H groups in total. The summed E-state index contributed by atoms with van der Waals surface area (Å²) in [7, 11) is 1.55. The van der Waals surface area contributed by atoms with E-state index in [1.165, 1.54) is 27.9 Å². The Morgan fingerprint density at radius 2 is 1.81 bits per heavy atom. The van der Waals surface area contributed by atoms with Crippen LogP contribution in [0, 0.1) is 5.82 Å². The molecule has 0 radical (unpaired) electrons. The second kappa shape index (κ2) is 10.5. The number of pyridine rings is 1. The molecule has 0 spiro atoms. The first kappa shape index (κ1) is 26.0. The molecule has 37 heavy (non-hydrogen) atoms. The SMILES string of the molecule is CN(CC(C)(C)O)C(=O)c1cc(NC(=O)c2cc(-c3ccccn3)c(F)cc2Cl)n(-c2ccccc2)n1. The average Bonchev–Trinajstić information content (AvgIpc) is 3.27. The predicted molar refractivity (Wildman–Crippen MR) is 139 cm³/mol. The highest BCUT2D eigenvalue weighted by Crippen LogP contribution is 2.28. The fraction of sp³-hybridized carbons (Fsp3) is 0.185. The van der Waals surface area contributed by atoms with Crippen molar-refractivity contribution in [1.82, 2.24) is 19.7 Å². The fourth-order valence-electron chi connectivity index (χ4n) is 3.81. The van der Waals surface area contributed by atoms with Crippen LogP contribution in [0.5, 0.6) is 0 Å². The number of hydrogen-bond donors (Lipinski definition) is 2. The average molecular weight is 522 g/mol. The van der Waals surface area contributed by atoms with Gasteiger partial charge in [0.25, 0.3) is 11.8 Å². The first-order valence-corrected chi connectivity index (χ1v) is 11.8. The molecule has 0 saturated carbocycles. The Morgan fingerprint density at radius 3 is 2.46 bits per heavy atom. The van der Waals surface area contributed by atoms with E-state index in [-0.39, 0.29) is 34.2 Å². The number of aliphatic hydroxyl groups is 1. The molecule has 0 saturated heterocycles. The topological polar surface area (TPSA) is 100 Å². The predicted octanol–water partition coefficient (Wildman–Crippen LogP) is 4.82. The van der Waals surface area contributed by atoms with Crippen molar-refractivity contribution in [3.8, 4) is 16.9 Å². The van der Waals surface area contributed by atoms with Crippen LogP contribution in [0.1, 0.15) is 34.7 Å². The molecular weight excluding hydrogens is 497 g/mol. The molecule has 0 aliphatic carbocycles. The van der Waals surface area contributed by atoms with E-state index in [1.807, 2.05) is 6.07 Å². The van der Waals surface area contributed by atoms with E-state index in [0.717, 1.165) is 6.07 Å². The molecule has 0 fully saturated rings. The number of likely N-dealkylation sites (N-methyl/N-ethyl adjacent to an activating group) is 1. The molecule has 0 unspecified atom stereocenters. The van der Waals surface area contributed by atoms with Gasteiger partial charge in [0.15, 0.2) is 5.69 Å². The van der Waals surface area contributed by atoms with Crippen molar-refractivity contribution in [2.24, 2.45) is 0 Å². The monoisotopic (exact) mass is 521 g/mol. The van der Waals surface area contributed by atoms with Crippen LogP contribution in [-0.4, -0.2) is 55.8 Å². The maximum Gasteiger partial charge on any atom is 0.274 e. The lowest BCUT2D eigenvalue weighted by Crippen LogP contribution is -2.39. The zero-order chi connectivity index (χ0) is 26.7. The number of rotatable bonds is 7. The number of anilines is 1. The molecule has 0 atom stereocenters. The van der Waals surface area contributed by atoms with E-state index in [0.29, 0.717) is 11.4 Å². The van der Waals surface area contributed by atoms with Gasteiger partial charge in [0.1, 0.15) is 11.6 Å². The minimum absolute atomic E-state index is 0.0246. The van der Waals surface area contributed by atoms with Crippen molar-refractivity contribution in [1.29, 1.82) is 0 Å². The Bertz CT molecular complexity index is 1440. The number of para-hydroxylation sites is 1. The summed E-state index contributed by atoms with van der Waals surface area (Å²) in [6.07, 6.45) is 1.52. The van der Waals surface area contributed by atoms with E-state index in [4.69, 9.17) is 11.6 Å². The van der Waals surface area contributed by atoms with Gasteiger partial charge in [-0.15, -0.1) is 0 Å². The summed E-state index contributed by atoms with van der Waals surface area (Å²) in [6, 6.07) is 17.8.